The highest BCUT2D eigenvalue weighted by molar-refractivity contribution is 14.0. The van der Waals surface area contributed by atoms with E-state index in [4.69, 9.17) is 0 Å². The number of guanidine groups is 1. The van der Waals surface area contributed by atoms with Crippen LogP contribution in [0.2, 0.25) is 0 Å². The average molecular weight is 502 g/mol. The summed E-state index contributed by atoms with van der Waals surface area (Å²) < 4.78 is 14.5. The second-order valence-electron chi connectivity index (χ2n) is 5.17. The molecule has 2 unspecified atom stereocenters. The predicted octanol–water partition coefficient (Wildman–Crippen LogP) is 4.16. The van der Waals surface area contributed by atoms with Crippen molar-refractivity contribution in [2.75, 3.05) is 13.3 Å². The molecule has 0 amide bonds. The van der Waals surface area contributed by atoms with E-state index in [0.717, 1.165) is 22.1 Å². The van der Waals surface area contributed by atoms with Gasteiger partial charge in [-0.3, -0.25) is 4.99 Å². The molecule has 0 heterocycles. The Bertz CT molecular complexity index is 516. The van der Waals surface area contributed by atoms with E-state index in [-0.39, 0.29) is 29.8 Å². The molecule has 0 aliphatic heterocycles. The van der Waals surface area contributed by atoms with E-state index >= 15 is 0 Å². The van der Waals surface area contributed by atoms with E-state index in [1.165, 1.54) is 18.9 Å². The van der Waals surface area contributed by atoms with Gasteiger partial charge in [-0.15, -0.1) is 24.0 Å². The summed E-state index contributed by atoms with van der Waals surface area (Å²) in [6, 6.07) is 5.56. The molecule has 2 N–H and O–H groups in total. The van der Waals surface area contributed by atoms with Gasteiger partial charge in [-0.2, -0.15) is 11.8 Å². The first-order chi connectivity index (χ1) is 10.1. The molecule has 1 saturated carbocycles. The van der Waals surface area contributed by atoms with Crippen LogP contribution in [0.3, 0.4) is 0 Å². The third-order valence-electron chi connectivity index (χ3n) is 3.74. The quantitative estimate of drug-likeness (QED) is 0.369. The zero-order chi connectivity index (χ0) is 15.2. The Morgan fingerprint density at radius 2 is 2.23 bits per heavy atom. The molecular weight excluding hydrogens is 480 g/mol. The highest BCUT2D eigenvalue weighted by Gasteiger charge is 2.24. The Morgan fingerprint density at radius 3 is 2.82 bits per heavy atom. The van der Waals surface area contributed by atoms with Crippen molar-refractivity contribution in [2.24, 2.45) is 4.99 Å². The Labute approximate surface area is 161 Å². The summed E-state index contributed by atoms with van der Waals surface area (Å²) in [5.41, 5.74) is 0.634. The zero-order valence-electron chi connectivity index (χ0n) is 12.7. The molecule has 0 spiro atoms. The lowest BCUT2D eigenvalue weighted by molar-refractivity contribution is 0.594. The first kappa shape index (κ1) is 20.0. The van der Waals surface area contributed by atoms with Crippen LogP contribution in [0.1, 0.15) is 24.8 Å². The van der Waals surface area contributed by atoms with Gasteiger partial charge in [0.15, 0.2) is 5.96 Å². The summed E-state index contributed by atoms with van der Waals surface area (Å²) in [5.74, 6) is 0.528. The van der Waals surface area contributed by atoms with Crippen LogP contribution in [0.25, 0.3) is 0 Å². The number of nitrogens with one attached hydrogen (secondary N) is 2. The Hall–Kier alpha value is -0.0200. The van der Waals surface area contributed by atoms with Gasteiger partial charge in [-0.1, -0.05) is 22.0 Å². The van der Waals surface area contributed by atoms with Crippen molar-refractivity contribution in [1.29, 1.82) is 0 Å². The molecule has 1 aliphatic carbocycles. The van der Waals surface area contributed by atoms with Crippen LogP contribution >= 0.6 is 51.7 Å². The van der Waals surface area contributed by atoms with Crippen LogP contribution in [-0.4, -0.2) is 30.6 Å². The normalized spacial score (nSPS) is 21.4. The first-order valence-electron chi connectivity index (χ1n) is 7.06. The van der Waals surface area contributed by atoms with Gasteiger partial charge in [0.25, 0.3) is 0 Å². The first-order valence-corrected chi connectivity index (χ1v) is 9.14. The lowest BCUT2D eigenvalue weighted by Gasteiger charge is -2.17. The lowest BCUT2D eigenvalue weighted by atomic mass is 10.2. The fourth-order valence-corrected chi connectivity index (χ4v) is 3.65. The lowest BCUT2D eigenvalue weighted by Crippen LogP contribution is -2.42. The largest absolute Gasteiger partial charge is 0.354 e. The summed E-state index contributed by atoms with van der Waals surface area (Å²) in [4.78, 5) is 4.22. The van der Waals surface area contributed by atoms with Gasteiger partial charge >= 0.3 is 0 Å². The average Bonchev–Trinajstić information content (AvgIpc) is 2.92. The number of benzene rings is 1. The van der Waals surface area contributed by atoms with Crippen LogP contribution in [0.15, 0.2) is 27.7 Å². The number of hydrogen-bond donors (Lipinski definition) is 2. The van der Waals surface area contributed by atoms with Gasteiger partial charge < -0.3 is 10.6 Å². The van der Waals surface area contributed by atoms with Crippen molar-refractivity contribution in [3.05, 3.63) is 34.1 Å². The summed E-state index contributed by atoms with van der Waals surface area (Å²) >= 11 is 5.19. The zero-order valence-corrected chi connectivity index (χ0v) is 17.5. The summed E-state index contributed by atoms with van der Waals surface area (Å²) in [5, 5.41) is 7.35. The highest BCUT2D eigenvalue weighted by Crippen LogP contribution is 2.28. The van der Waals surface area contributed by atoms with Gasteiger partial charge in [-0.25, -0.2) is 4.39 Å². The minimum atomic E-state index is -0.212. The molecule has 1 aliphatic rings. The number of aliphatic imine (C=N–C) groups is 1. The molecule has 0 aromatic heterocycles. The molecule has 0 saturated heterocycles. The smallest absolute Gasteiger partial charge is 0.191 e. The maximum absolute atomic E-state index is 13.8. The molecule has 124 valence electrons. The maximum atomic E-state index is 13.8. The number of thioether (sulfide) groups is 1. The molecule has 0 radical (unpaired) electrons. The Morgan fingerprint density at radius 1 is 1.45 bits per heavy atom. The highest BCUT2D eigenvalue weighted by atomic mass is 127. The van der Waals surface area contributed by atoms with E-state index in [9.17, 15) is 4.39 Å². The van der Waals surface area contributed by atoms with Gasteiger partial charge in [0.1, 0.15) is 5.82 Å². The van der Waals surface area contributed by atoms with Crippen molar-refractivity contribution in [3.8, 4) is 0 Å². The summed E-state index contributed by atoms with van der Waals surface area (Å²) in [6.07, 6.45) is 5.74. The second-order valence-corrected chi connectivity index (χ2v) is 7.23. The number of rotatable bonds is 4. The number of nitrogens with zero attached hydrogens (tertiary/aromatic N) is 1. The summed E-state index contributed by atoms with van der Waals surface area (Å²) in [7, 11) is 1.74. The number of halogens is 3. The molecule has 2 atom stereocenters. The molecule has 3 nitrogen and oxygen atoms in total. The van der Waals surface area contributed by atoms with Crippen LogP contribution in [0, 0.1) is 5.82 Å². The molecular formula is C15H22BrFIN3S. The van der Waals surface area contributed by atoms with E-state index < -0.39 is 0 Å². The van der Waals surface area contributed by atoms with E-state index in [1.54, 1.807) is 13.1 Å². The van der Waals surface area contributed by atoms with Crippen LogP contribution in [0.4, 0.5) is 4.39 Å². The van der Waals surface area contributed by atoms with Crippen molar-refractivity contribution in [3.63, 3.8) is 0 Å². The predicted molar refractivity (Wildman–Crippen MR) is 108 cm³/mol. The van der Waals surface area contributed by atoms with Gasteiger partial charge in [-0.05, 0) is 37.7 Å². The number of hydrogen-bond acceptors (Lipinski definition) is 2. The molecule has 7 heteroatoms. The fraction of sp³-hybridized carbons (Fsp3) is 0.533. The SMILES string of the molecule is CN=C(NCc1ccc(Br)cc1F)NC1CCC(SC)C1.I. The molecule has 2 rings (SSSR count). The topological polar surface area (TPSA) is 36.4 Å². The van der Waals surface area contributed by atoms with E-state index in [1.807, 2.05) is 17.8 Å². The summed E-state index contributed by atoms with van der Waals surface area (Å²) in [6.45, 7) is 0.428. The van der Waals surface area contributed by atoms with Crippen LogP contribution < -0.4 is 10.6 Å². The third kappa shape index (κ3) is 5.88. The van der Waals surface area contributed by atoms with Crippen LogP contribution in [-0.2, 0) is 6.54 Å². The molecule has 22 heavy (non-hydrogen) atoms. The molecule has 1 aromatic carbocycles. The van der Waals surface area contributed by atoms with Crippen molar-refractivity contribution in [2.45, 2.75) is 37.1 Å². The van der Waals surface area contributed by atoms with Crippen molar-refractivity contribution >= 4 is 57.6 Å². The molecule has 1 fully saturated rings. The Kier molecular flexibility index (Phi) is 9.08. The van der Waals surface area contributed by atoms with E-state index in [0.29, 0.717) is 18.2 Å². The Balaban J connectivity index is 0.00000242. The molecule has 0 bridgehead atoms. The minimum absolute atomic E-state index is 0. The third-order valence-corrected chi connectivity index (χ3v) is 5.33. The van der Waals surface area contributed by atoms with Crippen molar-refractivity contribution in [1.82, 2.24) is 10.6 Å². The minimum Gasteiger partial charge on any atom is -0.354 e. The van der Waals surface area contributed by atoms with Crippen LogP contribution in [0.5, 0.6) is 0 Å². The fourth-order valence-electron chi connectivity index (χ4n) is 2.52. The van der Waals surface area contributed by atoms with Gasteiger partial charge in [0, 0.05) is 34.9 Å². The van der Waals surface area contributed by atoms with Gasteiger partial charge in [0.05, 0.1) is 0 Å². The molecule has 1 aromatic rings. The van der Waals surface area contributed by atoms with E-state index in [2.05, 4.69) is 37.8 Å². The van der Waals surface area contributed by atoms with Crippen molar-refractivity contribution < 1.29 is 4.39 Å². The second kappa shape index (κ2) is 9.97. The van der Waals surface area contributed by atoms with Gasteiger partial charge in [0.2, 0.25) is 0 Å². The maximum Gasteiger partial charge on any atom is 0.191 e. The monoisotopic (exact) mass is 501 g/mol. The standard InChI is InChI=1S/C15H21BrFN3S.HI/c1-18-15(20-12-5-6-13(8-12)21-2)19-9-10-3-4-11(16)7-14(10)17;/h3-4,7,12-13H,5-6,8-9H2,1-2H3,(H2,18,19,20);1H.